The number of carbonyl (C=O) groups excluding carboxylic acids is 4. The van der Waals surface area contributed by atoms with Crippen molar-refractivity contribution in [3.63, 3.8) is 0 Å². The molecule has 4 amide bonds. The summed E-state index contributed by atoms with van der Waals surface area (Å²) in [5.41, 5.74) is 10.5. The summed E-state index contributed by atoms with van der Waals surface area (Å²) in [5.74, 6) is -7.35. The van der Waals surface area contributed by atoms with E-state index in [1.165, 1.54) is 0 Å². The van der Waals surface area contributed by atoms with E-state index in [1.807, 2.05) is 5.32 Å². The minimum Gasteiger partial charge on any atom is -0.481 e. The molecule has 0 aliphatic rings. The lowest BCUT2D eigenvalue weighted by Crippen LogP contribution is -2.60. The molecule has 5 unspecified atom stereocenters. The number of hydrogen-bond donors (Lipinski definition) is 9. The quantitative estimate of drug-likeness (QED) is 0.121. The zero-order valence-corrected chi connectivity index (χ0v) is 16.8. The van der Waals surface area contributed by atoms with Gasteiger partial charge < -0.3 is 42.7 Å². The Labute approximate surface area is 176 Å². The lowest BCUT2D eigenvalue weighted by atomic mass is 10.1. The predicted octanol–water partition coefficient (Wildman–Crippen LogP) is -4.49. The summed E-state index contributed by atoms with van der Waals surface area (Å²) >= 11 is 3.83. The second-order valence-electron chi connectivity index (χ2n) is 6.24. The van der Waals surface area contributed by atoms with Gasteiger partial charge in [0.25, 0.3) is 0 Å². The first-order valence-electron chi connectivity index (χ1n) is 8.48. The van der Waals surface area contributed by atoms with Crippen LogP contribution in [0.15, 0.2) is 0 Å². The van der Waals surface area contributed by atoms with Gasteiger partial charge in [0.05, 0.1) is 25.0 Å². The summed E-state index contributed by atoms with van der Waals surface area (Å²) in [7, 11) is 0. The fourth-order valence-corrected chi connectivity index (χ4v) is 2.23. The molecule has 0 aliphatic carbocycles. The largest absolute Gasteiger partial charge is 0.481 e. The Hall–Kier alpha value is -2.91. The predicted molar refractivity (Wildman–Crippen MR) is 103 cm³/mol. The summed E-state index contributed by atoms with van der Waals surface area (Å²) in [5, 5.41) is 33.6. The van der Waals surface area contributed by atoms with Crippen LogP contribution in [0.2, 0.25) is 0 Å². The molecule has 0 saturated carbocycles. The number of carboxylic acid groups (broad SMARTS) is 2. The number of carbonyl (C=O) groups is 6. The third-order valence-corrected chi connectivity index (χ3v) is 4.02. The first-order valence-corrected chi connectivity index (χ1v) is 9.11. The molecule has 15 heteroatoms. The number of nitrogens with one attached hydrogen (secondary N) is 3. The van der Waals surface area contributed by atoms with Gasteiger partial charge in [0, 0.05) is 5.75 Å². The van der Waals surface area contributed by atoms with Gasteiger partial charge in [-0.1, -0.05) is 0 Å². The smallest absolute Gasteiger partial charge is 0.326 e. The van der Waals surface area contributed by atoms with Crippen molar-refractivity contribution in [2.24, 2.45) is 11.5 Å². The molecule has 10 N–H and O–H groups in total. The number of carboxylic acids is 2. The molecule has 0 rings (SSSR count). The van der Waals surface area contributed by atoms with E-state index in [2.05, 4.69) is 23.3 Å². The van der Waals surface area contributed by atoms with E-state index in [-0.39, 0.29) is 5.75 Å². The number of amides is 4. The molecule has 0 spiro atoms. The molecule has 0 bridgehead atoms. The van der Waals surface area contributed by atoms with Gasteiger partial charge in [0.1, 0.15) is 18.1 Å². The summed E-state index contributed by atoms with van der Waals surface area (Å²) in [4.78, 5) is 69.6. The molecular formula is C15H25N5O9S. The Bertz CT molecular complexity index is 687. The highest BCUT2D eigenvalue weighted by Crippen LogP contribution is 2.01. The lowest BCUT2D eigenvalue weighted by molar-refractivity contribution is -0.148. The van der Waals surface area contributed by atoms with Crippen molar-refractivity contribution in [3.8, 4) is 0 Å². The van der Waals surface area contributed by atoms with E-state index >= 15 is 0 Å². The minimum atomic E-state index is -1.83. The normalized spacial score (nSPS) is 15.6. The topological polar surface area (TPSA) is 251 Å². The van der Waals surface area contributed by atoms with E-state index < -0.39 is 78.7 Å². The third kappa shape index (κ3) is 9.53. The molecule has 0 radical (unpaired) electrons. The molecule has 0 aromatic carbocycles. The standard InChI is InChI=1S/C15H25N5O9S/c1-5(21)11(14(27)19-8(15(28)29)3-10(23)24)20-13(26)7(2-9(17)22)18-12(25)6(16)4-30/h5-8,11,21,30H,2-4,16H2,1H3,(H2,17,22)(H,18,25)(H,19,27)(H,20,26)(H,23,24)(H,28,29). The van der Waals surface area contributed by atoms with E-state index in [0.29, 0.717) is 0 Å². The maximum atomic E-state index is 12.4. The van der Waals surface area contributed by atoms with Crippen molar-refractivity contribution in [1.82, 2.24) is 16.0 Å². The SMILES string of the molecule is CC(O)C(NC(=O)C(CC(N)=O)NC(=O)C(N)CS)C(=O)NC(CC(=O)O)C(=O)O. The fourth-order valence-electron chi connectivity index (χ4n) is 2.07. The molecule has 5 atom stereocenters. The number of nitrogens with two attached hydrogens (primary N) is 2. The van der Waals surface area contributed by atoms with Crippen LogP contribution in [-0.2, 0) is 28.8 Å². The molecule has 30 heavy (non-hydrogen) atoms. The summed E-state index contributed by atoms with van der Waals surface area (Å²) in [6.45, 7) is 1.09. The second kappa shape index (κ2) is 12.6. The average Bonchev–Trinajstić information content (AvgIpc) is 2.62. The van der Waals surface area contributed by atoms with E-state index in [9.17, 15) is 33.9 Å². The number of hydrogen-bond acceptors (Lipinski definition) is 9. The molecule has 14 nitrogen and oxygen atoms in total. The molecule has 0 saturated heterocycles. The van der Waals surface area contributed by atoms with Gasteiger partial charge in [0.15, 0.2) is 0 Å². The van der Waals surface area contributed by atoms with Crippen LogP contribution in [0, 0.1) is 0 Å². The highest BCUT2D eigenvalue weighted by atomic mass is 32.1. The van der Waals surface area contributed by atoms with Crippen molar-refractivity contribution < 1.29 is 44.1 Å². The zero-order valence-electron chi connectivity index (χ0n) is 15.9. The summed E-state index contributed by atoms with van der Waals surface area (Å²) in [6.07, 6.45) is -3.18. The van der Waals surface area contributed by atoms with Crippen molar-refractivity contribution in [2.45, 2.75) is 50.0 Å². The number of aliphatic carboxylic acids is 2. The van der Waals surface area contributed by atoms with E-state index in [0.717, 1.165) is 6.92 Å². The first-order chi connectivity index (χ1) is 13.8. The molecule has 170 valence electrons. The highest BCUT2D eigenvalue weighted by Gasteiger charge is 2.33. The maximum absolute atomic E-state index is 12.4. The van der Waals surface area contributed by atoms with Crippen molar-refractivity contribution in [3.05, 3.63) is 0 Å². The second-order valence-corrected chi connectivity index (χ2v) is 6.61. The van der Waals surface area contributed by atoms with Gasteiger partial charge in [-0.25, -0.2) is 4.79 Å². The lowest BCUT2D eigenvalue weighted by Gasteiger charge is -2.25. The Morgan fingerprint density at radius 2 is 1.43 bits per heavy atom. The molecule has 0 heterocycles. The van der Waals surface area contributed by atoms with E-state index in [4.69, 9.17) is 21.7 Å². The summed E-state index contributed by atoms with van der Waals surface area (Å²) < 4.78 is 0. The molecule has 0 aliphatic heterocycles. The fraction of sp³-hybridized carbons (Fsp3) is 0.600. The average molecular weight is 451 g/mol. The monoisotopic (exact) mass is 451 g/mol. The Morgan fingerprint density at radius 1 is 0.900 bits per heavy atom. The van der Waals surface area contributed by atoms with Crippen LogP contribution in [0.1, 0.15) is 19.8 Å². The van der Waals surface area contributed by atoms with Gasteiger partial charge in [-0.2, -0.15) is 12.6 Å². The van der Waals surface area contributed by atoms with Crippen LogP contribution in [-0.4, -0.2) is 86.9 Å². The number of aliphatic hydroxyl groups excluding tert-OH is 1. The van der Waals surface area contributed by atoms with Gasteiger partial charge >= 0.3 is 11.9 Å². The Morgan fingerprint density at radius 3 is 1.83 bits per heavy atom. The number of thiol groups is 1. The van der Waals surface area contributed by atoms with Gasteiger partial charge in [-0.15, -0.1) is 0 Å². The maximum Gasteiger partial charge on any atom is 0.326 e. The molecule has 0 fully saturated rings. The van der Waals surface area contributed by atoms with Crippen LogP contribution in [0.25, 0.3) is 0 Å². The van der Waals surface area contributed by atoms with Crippen LogP contribution in [0.4, 0.5) is 0 Å². The molecular weight excluding hydrogens is 426 g/mol. The first kappa shape index (κ1) is 27.1. The van der Waals surface area contributed by atoms with Crippen LogP contribution in [0.3, 0.4) is 0 Å². The zero-order chi connectivity index (χ0) is 23.6. The van der Waals surface area contributed by atoms with Gasteiger partial charge in [0.2, 0.25) is 23.6 Å². The molecule has 0 aromatic rings. The van der Waals surface area contributed by atoms with Crippen molar-refractivity contribution in [2.75, 3.05) is 5.75 Å². The van der Waals surface area contributed by atoms with Crippen LogP contribution >= 0.6 is 12.6 Å². The third-order valence-electron chi connectivity index (χ3n) is 3.63. The van der Waals surface area contributed by atoms with Crippen molar-refractivity contribution >= 4 is 48.2 Å². The summed E-state index contributed by atoms with van der Waals surface area (Å²) in [6, 6.07) is -6.23. The molecule has 0 aromatic heterocycles. The number of primary amides is 1. The van der Waals surface area contributed by atoms with E-state index in [1.54, 1.807) is 0 Å². The Balaban J connectivity index is 5.42. The van der Waals surface area contributed by atoms with Crippen molar-refractivity contribution in [1.29, 1.82) is 0 Å². The highest BCUT2D eigenvalue weighted by molar-refractivity contribution is 7.80. The number of rotatable bonds is 13. The minimum absolute atomic E-state index is 0.0738. The van der Waals surface area contributed by atoms with Crippen LogP contribution in [0.5, 0.6) is 0 Å². The Kier molecular flexibility index (Phi) is 11.4. The van der Waals surface area contributed by atoms with Gasteiger partial charge in [-0.05, 0) is 6.92 Å². The van der Waals surface area contributed by atoms with Gasteiger partial charge in [-0.3, -0.25) is 24.0 Å². The number of aliphatic hydroxyl groups is 1. The van der Waals surface area contributed by atoms with Crippen LogP contribution < -0.4 is 27.4 Å².